The van der Waals surface area contributed by atoms with Gasteiger partial charge in [-0.25, -0.2) is 0 Å². The maximum absolute atomic E-state index is 2.55. The Hall–Kier alpha value is -6.38. The smallest absolute Gasteiger partial charge is 0.0630 e. The molecule has 50 heavy (non-hydrogen) atoms. The van der Waals surface area contributed by atoms with Crippen LogP contribution in [0, 0.1) is 0 Å². The van der Waals surface area contributed by atoms with E-state index in [4.69, 9.17) is 0 Å². The lowest BCUT2D eigenvalue weighted by Gasteiger charge is -2.30. The second kappa shape index (κ2) is 11.6. The zero-order chi connectivity index (χ0) is 33.0. The van der Waals surface area contributed by atoms with Crippen LogP contribution in [0.2, 0.25) is 0 Å². The monoisotopic (exact) mass is 638 g/mol. The maximum Gasteiger partial charge on any atom is 0.0630 e. The minimum absolute atomic E-state index is 0.175. The lowest BCUT2D eigenvalue weighted by molar-refractivity contribution is 0.747. The lowest BCUT2D eigenvalue weighted by Crippen LogP contribution is -2.29. The largest absolute Gasteiger partial charge is 0.333 e. The van der Waals surface area contributed by atoms with Crippen molar-refractivity contribution < 1.29 is 0 Å². The van der Waals surface area contributed by atoms with Crippen LogP contribution in [0.5, 0.6) is 0 Å². The van der Waals surface area contributed by atoms with Crippen molar-refractivity contribution in [2.45, 2.75) is 12.0 Å². The van der Waals surface area contributed by atoms with Gasteiger partial charge in [-0.3, -0.25) is 0 Å². The molecular formula is C48H34N2. The third kappa shape index (κ3) is 4.64. The fourth-order valence-corrected chi connectivity index (χ4v) is 8.20. The standard InChI is InChI=1S/C48H34N2/c1-4-14-33(15-5-1)37-28-38(34-16-6-2-7-17-34)30-40(29-37)50-46-23-13-11-21-42(46)44-32-36(25-27-48(44)50)35-24-26-47-43(31-35)41-20-10-12-22-45(41)49(47)39-18-8-3-9-19-39/h1-32,44,48H. The van der Waals surface area contributed by atoms with Gasteiger partial charge in [0.25, 0.3) is 0 Å². The number of allylic oxidation sites excluding steroid dienone is 2. The SMILES string of the molecule is C1=CC2C(C=C1c1ccc3c(c1)c1ccccc1n3-c1ccccc1)c1ccccc1N2c1cc(-c2ccccc2)cc(-c2ccccc2)c1. The molecule has 236 valence electrons. The van der Waals surface area contributed by atoms with Crippen LogP contribution in [0.1, 0.15) is 17.0 Å². The van der Waals surface area contributed by atoms with Gasteiger partial charge in [-0.2, -0.15) is 0 Å². The number of benzene rings is 7. The summed E-state index contributed by atoms with van der Waals surface area (Å²) in [7, 11) is 0. The molecule has 1 aliphatic heterocycles. The Balaban J connectivity index is 1.09. The predicted molar refractivity (Wildman–Crippen MR) is 210 cm³/mol. The molecule has 10 rings (SSSR count). The highest BCUT2D eigenvalue weighted by Crippen LogP contribution is 2.50. The summed E-state index contributed by atoms with van der Waals surface area (Å²) in [5, 5.41) is 2.55. The molecule has 2 heterocycles. The van der Waals surface area contributed by atoms with Gasteiger partial charge in [-0.05, 0) is 93.6 Å². The van der Waals surface area contributed by atoms with Crippen molar-refractivity contribution in [1.82, 2.24) is 4.57 Å². The molecular weight excluding hydrogens is 605 g/mol. The van der Waals surface area contributed by atoms with E-state index < -0.39 is 0 Å². The zero-order valence-corrected chi connectivity index (χ0v) is 27.5. The number of anilines is 2. The number of aromatic nitrogens is 1. The number of para-hydroxylation sites is 3. The van der Waals surface area contributed by atoms with Crippen molar-refractivity contribution in [3.05, 3.63) is 205 Å². The molecule has 2 unspecified atom stereocenters. The highest BCUT2D eigenvalue weighted by atomic mass is 15.2. The minimum Gasteiger partial charge on any atom is -0.333 e. The molecule has 1 aromatic heterocycles. The molecule has 7 aromatic carbocycles. The zero-order valence-electron chi connectivity index (χ0n) is 27.5. The molecule has 0 radical (unpaired) electrons. The summed E-state index contributed by atoms with van der Waals surface area (Å²) in [6.07, 6.45) is 7.27. The van der Waals surface area contributed by atoms with Crippen LogP contribution in [0.25, 0.3) is 55.3 Å². The Kier molecular flexibility index (Phi) is 6.67. The van der Waals surface area contributed by atoms with Crippen LogP contribution in [-0.2, 0) is 0 Å². The van der Waals surface area contributed by atoms with E-state index in [1.54, 1.807) is 0 Å². The minimum atomic E-state index is 0.175. The van der Waals surface area contributed by atoms with Crippen LogP contribution >= 0.6 is 0 Å². The number of nitrogens with zero attached hydrogens (tertiary/aromatic N) is 2. The van der Waals surface area contributed by atoms with Crippen molar-refractivity contribution in [2.24, 2.45) is 0 Å². The topological polar surface area (TPSA) is 8.17 Å². The fourth-order valence-electron chi connectivity index (χ4n) is 8.20. The quantitative estimate of drug-likeness (QED) is 0.182. The van der Waals surface area contributed by atoms with Crippen molar-refractivity contribution in [3.8, 4) is 27.9 Å². The van der Waals surface area contributed by atoms with Crippen molar-refractivity contribution in [2.75, 3.05) is 4.90 Å². The van der Waals surface area contributed by atoms with Crippen LogP contribution in [0.4, 0.5) is 11.4 Å². The first kappa shape index (κ1) is 28.6. The van der Waals surface area contributed by atoms with Gasteiger partial charge in [0.1, 0.15) is 0 Å². The molecule has 0 saturated heterocycles. The fraction of sp³-hybridized carbons (Fsp3) is 0.0417. The third-order valence-electron chi connectivity index (χ3n) is 10.5. The van der Waals surface area contributed by atoms with E-state index in [0.29, 0.717) is 0 Å². The van der Waals surface area contributed by atoms with Gasteiger partial charge in [-0.15, -0.1) is 0 Å². The van der Waals surface area contributed by atoms with Gasteiger partial charge >= 0.3 is 0 Å². The molecule has 0 fully saturated rings. The van der Waals surface area contributed by atoms with Crippen LogP contribution in [0.15, 0.2) is 194 Å². The molecule has 0 N–H and O–H groups in total. The lowest BCUT2D eigenvalue weighted by atomic mass is 9.86. The van der Waals surface area contributed by atoms with E-state index in [-0.39, 0.29) is 12.0 Å². The molecule has 2 atom stereocenters. The Labute approximate surface area is 292 Å². The highest BCUT2D eigenvalue weighted by molar-refractivity contribution is 6.10. The van der Waals surface area contributed by atoms with E-state index >= 15 is 0 Å². The Bertz CT molecular complexity index is 2540. The second-order valence-electron chi connectivity index (χ2n) is 13.3. The first-order chi connectivity index (χ1) is 24.8. The van der Waals surface area contributed by atoms with E-state index in [0.717, 1.165) is 0 Å². The van der Waals surface area contributed by atoms with E-state index in [9.17, 15) is 0 Å². The van der Waals surface area contributed by atoms with Crippen LogP contribution in [0.3, 0.4) is 0 Å². The Morgan fingerprint density at radius 1 is 0.420 bits per heavy atom. The van der Waals surface area contributed by atoms with Crippen LogP contribution < -0.4 is 4.90 Å². The van der Waals surface area contributed by atoms with Crippen molar-refractivity contribution in [1.29, 1.82) is 0 Å². The second-order valence-corrected chi connectivity index (χ2v) is 13.3. The van der Waals surface area contributed by atoms with Crippen molar-refractivity contribution in [3.63, 3.8) is 0 Å². The summed E-state index contributed by atoms with van der Waals surface area (Å²) in [6, 6.07) is 64.1. The molecule has 0 saturated carbocycles. The molecule has 0 bridgehead atoms. The van der Waals surface area contributed by atoms with Gasteiger partial charge in [0.15, 0.2) is 0 Å². The van der Waals surface area contributed by atoms with Gasteiger partial charge in [0.05, 0.1) is 17.1 Å². The summed E-state index contributed by atoms with van der Waals surface area (Å²) >= 11 is 0. The highest BCUT2D eigenvalue weighted by Gasteiger charge is 2.38. The van der Waals surface area contributed by atoms with E-state index in [1.165, 1.54) is 77.8 Å². The van der Waals surface area contributed by atoms with Gasteiger partial charge in [-0.1, -0.05) is 140 Å². The summed E-state index contributed by atoms with van der Waals surface area (Å²) in [6.45, 7) is 0. The number of hydrogen-bond donors (Lipinski definition) is 0. The summed E-state index contributed by atoms with van der Waals surface area (Å²) in [5.41, 5.74) is 14.9. The Morgan fingerprint density at radius 2 is 1.04 bits per heavy atom. The predicted octanol–water partition coefficient (Wildman–Crippen LogP) is 12.4. The first-order valence-electron chi connectivity index (χ1n) is 17.4. The summed E-state index contributed by atoms with van der Waals surface area (Å²) in [4.78, 5) is 2.55. The number of rotatable bonds is 5. The van der Waals surface area contributed by atoms with Gasteiger partial charge in [0.2, 0.25) is 0 Å². The van der Waals surface area contributed by atoms with Crippen LogP contribution in [-0.4, -0.2) is 10.6 Å². The summed E-state index contributed by atoms with van der Waals surface area (Å²) in [5.74, 6) is 0.230. The summed E-state index contributed by atoms with van der Waals surface area (Å²) < 4.78 is 2.38. The molecule has 1 aliphatic carbocycles. The molecule has 2 heteroatoms. The Morgan fingerprint density at radius 3 is 1.78 bits per heavy atom. The van der Waals surface area contributed by atoms with Gasteiger partial charge < -0.3 is 9.47 Å². The van der Waals surface area contributed by atoms with E-state index in [1.807, 2.05) is 0 Å². The molecule has 8 aromatic rings. The molecule has 0 amide bonds. The average Bonchev–Trinajstić information content (AvgIpc) is 3.71. The average molecular weight is 639 g/mol. The normalized spacial score (nSPS) is 16.4. The third-order valence-corrected chi connectivity index (χ3v) is 10.5. The van der Waals surface area contributed by atoms with E-state index in [2.05, 4.69) is 204 Å². The van der Waals surface area contributed by atoms with Gasteiger partial charge in [0, 0.05) is 33.8 Å². The molecule has 0 spiro atoms. The number of fused-ring (bicyclic) bond motifs is 6. The maximum atomic E-state index is 2.55. The first-order valence-corrected chi connectivity index (χ1v) is 17.4. The number of hydrogen-bond acceptors (Lipinski definition) is 1. The molecule has 2 aliphatic rings. The van der Waals surface area contributed by atoms with Crippen molar-refractivity contribution >= 4 is 38.8 Å². The molecule has 2 nitrogen and oxygen atoms in total.